The number of carboxylic acid groups (broad SMARTS) is 2. The van der Waals surface area contributed by atoms with Crippen LogP contribution >= 0.6 is 0 Å². The van der Waals surface area contributed by atoms with E-state index in [4.69, 9.17) is 10.2 Å². The van der Waals surface area contributed by atoms with Crippen LogP contribution in [0.2, 0.25) is 0 Å². The minimum atomic E-state index is -1.31. The highest BCUT2D eigenvalue weighted by Gasteiger charge is 2.15. The molecule has 0 aliphatic carbocycles. The summed E-state index contributed by atoms with van der Waals surface area (Å²) < 4.78 is 0. The second kappa shape index (κ2) is 6.43. The summed E-state index contributed by atoms with van der Waals surface area (Å²) in [4.78, 5) is 22.1. The van der Waals surface area contributed by atoms with Crippen LogP contribution in [0.15, 0.2) is 36.4 Å². The summed E-state index contributed by atoms with van der Waals surface area (Å²) in [5.74, 6) is -3.38. The molecule has 2 aromatic carbocycles. The summed E-state index contributed by atoms with van der Waals surface area (Å²) in [6, 6.07) is 7.55. The fraction of sp³-hybridized carbons (Fsp3) is 0. The molecule has 26 heavy (non-hydrogen) atoms. The first-order valence-electron chi connectivity index (χ1n) is 7.07. The van der Waals surface area contributed by atoms with Gasteiger partial charge in [0, 0.05) is 11.1 Å². The molecule has 0 saturated heterocycles. The molecule has 1 heterocycles. The molecule has 3 aromatic rings. The average molecular weight is 354 g/mol. The van der Waals surface area contributed by atoms with Crippen LogP contribution in [0.5, 0.6) is 11.5 Å². The Morgan fingerprint density at radius 1 is 0.654 bits per heavy atom. The maximum Gasteiger partial charge on any atom is 0.339 e. The summed E-state index contributed by atoms with van der Waals surface area (Å²) in [5.41, 5.74) is -0.0769. The number of rotatable bonds is 4. The molecule has 1 aromatic heterocycles. The van der Waals surface area contributed by atoms with Crippen molar-refractivity contribution in [3.05, 3.63) is 47.5 Å². The van der Waals surface area contributed by atoms with Gasteiger partial charge in [0.05, 0.1) is 0 Å². The van der Waals surface area contributed by atoms with E-state index in [-0.39, 0.29) is 33.9 Å². The summed E-state index contributed by atoms with van der Waals surface area (Å²) in [5, 5.41) is 52.5. The Hall–Kier alpha value is -4.08. The van der Waals surface area contributed by atoms with Crippen molar-refractivity contribution >= 4 is 11.9 Å². The molecule has 0 amide bonds. The molecule has 0 saturated carbocycles. The molecule has 0 aliphatic rings. The molecule has 0 spiro atoms. The van der Waals surface area contributed by atoms with E-state index in [1.165, 1.54) is 36.4 Å². The van der Waals surface area contributed by atoms with E-state index >= 15 is 0 Å². The van der Waals surface area contributed by atoms with Gasteiger partial charge in [-0.1, -0.05) is 0 Å². The van der Waals surface area contributed by atoms with Gasteiger partial charge < -0.3 is 20.4 Å². The summed E-state index contributed by atoms with van der Waals surface area (Å²) >= 11 is 0. The van der Waals surface area contributed by atoms with E-state index in [2.05, 4.69) is 20.4 Å². The molecule has 0 atom stereocenters. The van der Waals surface area contributed by atoms with E-state index < -0.39 is 23.4 Å². The lowest BCUT2D eigenvalue weighted by molar-refractivity contribution is 0.0682. The van der Waals surface area contributed by atoms with Gasteiger partial charge in [-0.15, -0.1) is 20.4 Å². The van der Waals surface area contributed by atoms with Crippen molar-refractivity contribution < 1.29 is 30.0 Å². The van der Waals surface area contributed by atoms with E-state index in [9.17, 15) is 19.8 Å². The van der Waals surface area contributed by atoms with Crippen LogP contribution in [0.25, 0.3) is 22.8 Å². The molecule has 4 N–H and O–H groups in total. The molecule has 0 fully saturated rings. The van der Waals surface area contributed by atoms with Crippen LogP contribution in [0.4, 0.5) is 0 Å². The van der Waals surface area contributed by atoms with Gasteiger partial charge in [0.25, 0.3) is 0 Å². The zero-order valence-electron chi connectivity index (χ0n) is 12.9. The molecule has 10 heteroatoms. The van der Waals surface area contributed by atoms with Crippen molar-refractivity contribution in [1.29, 1.82) is 0 Å². The van der Waals surface area contributed by atoms with Crippen molar-refractivity contribution in [2.75, 3.05) is 0 Å². The predicted molar refractivity (Wildman–Crippen MR) is 85.7 cm³/mol. The van der Waals surface area contributed by atoms with Crippen LogP contribution in [-0.4, -0.2) is 52.8 Å². The topological polar surface area (TPSA) is 167 Å². The van der Waals surface area contributed by atoms with E-state index in [0.29, 0.717) is 0 Å². The molecule has 0 aliphatic heterocycles. The normalized spacial score (nSPS) is 10.5. The smallest absolute Gasteiger partial charge is 0.339 e. The van der Waals surface area contributed by atoms with E-state index in [0.717, 1.165) is 0 Å². The fourth-order valence-electron chi connectivity index (χ4n) is 2.15. The molecule has 130 valence electrons. The molecule has 0 bridgehead atoms. The van der Waals surface area contributed by atoms with Crippen LogP contribution in [0, 0.1) is 0 Å². The SMILES string of the molecule is O=C(O)c1cc(-c2nnc(-c3ccc(O)c(C(=O)O)c3)nn2)ccc1O. The van der Waals surface area contributed by atoms with E-state index in [1.54, 1.807) is 0 Å². The van der Waals surface area contributed by atoms with Crippen molar-refractivity contribution in [2.24, 2.45) is 0 Å². The van der Waals surface area contributed by atoms with Gasteiger partial charge in [-0.2, -0.15) is 0 Å². The minimum Gasteiger partial charge on any atom is -0.507 e. The maximum absolute atomic E-state index is 11.1. The number of aromatic hydroxyl groups is 2. The van der Waals surface area contributed by atoms with Crippen LogP contribution < -0.4 is 0 Å². The lowest BCUT2D eigenvalue weighted by Gasteiger charge is -2.05. The second-order valence-corrected chi connectivity index (χ2v) is 5.12. The Labute approximate surface area is 145 Å². The zero-order valence-corrected chi connectivity index (χ0v) is 12.9. The number of benzene rings is 2. The number of carbonyl (C=O) groups is 2. The predicted octanol–water partition coefficient (Wildman–Crippen LogP) is 1.41. The maximum atomic E-state index is 11.1. The highest BCUT2D eigenvalue weighted by Crippen LogP contribution is 2.25. The Kier molecular flexibility index (Phi) is 4.15. The van der Waals surface area contributed by atoms with Gasteiger partial charge in [-0.05, 0) is 36.4 Å². The number of nitrogens with zero attached hydrogens (tertiary/aromatic N) is 4. The molecule has 10 nitrogen and oxygen atoms in total. The number of aromatic carboxylic acids is 2. The summed E-state index contributed by atoms with van der Waals surface area (Å²) in [7, 11) is 0. The van der Waals surface area contributed by atoms with Crippen LogP contribution in [0.1, 0.15) is 20.7 Å². The molecular formula is C16H10N4O6. The third-order valence-electron chi connectivity index (χ3n) is 3.45. The van der Waals surface area contributed by atoms with Crippen molar-refractivity contribution in [1.82, 2.24) is 20.4 Å². The first-order chi connectivity index (χ1) is 12.4. The highest BCUT2D eigenvalue weighted by atomic mass is 16.4. The number of aromatic nitrogens is 4. The average Bonchev–Trinajstić information content (AvgIpc) is 2.62. The van der Waals surface area contributed by atoms with Crippen LogP contribution in [-0.2, 0) is 0 Å². The van der Waals surface area contributed by atoms with Gasteiger partial charge >= 0.3 is 11.9 Å². The van der Waals surface area contributed by atoms with Gasteiger partial charge in [0.2, 0.25) is 11.6 Å². The number of hydrogen-bond donors (Lipinski definition) is 4. The second-order valence-electron chi connectivity index (χ2n) is 5.12. The lowest BCUT2D eigenvalue weighted by atomic mass is 10.1. The first kappa shape index (κ1) is 16.8. The van der Waals surface area contributed by atoms with Gasteiger partial charge in [-0.3, -0.25) is 0 Å². The Morgan fingerprint density at radius 2 is 1.00 bits per heavy atom. The lowest BCUT2D eigenvalue weighted by Crippen LogP contribution is -2.02. The van der Waals surface area contributed by atoms with Crippen molar-refractivity contribution in [2.45, 2.75) is 0 Å². The third kappa shape index (κ3) is 3.11. The van der Waals surface area contributed by atoms with Gasteiger partial charge in [0.1, 0.15) is 22.6 Å². The monoisotopic (exact) mass is 354 g/mol. The molecule has 0 unspecified atom stereocenters. The number of carboxylic acids is 2. The van der Waals surface area contributed by atoms with Crippen molar-refractivity contribution in [3.63, 3.8) is 0 Å². The van der Waals surface area contributed by atoms with Gasteiger partial charge in [0.15, 0.2) is 0 Å². The highest BCUT2D eigenvalue weighted by molar-refractivity contribution is 5.92. The van der Waals surface area contributed by atoms with E-state index in [1.807, 2.05) is 0 Å². The number of phenols is 2. The van der Waals surface area contributed by atoms with Gasteiger partial charge in [-0.25, -0.2) is 9.59 Å². The number of hydrogen-bond acceptors (Lipinski definition) is 8. The quantitative estimate of drug-likeness (QED) is 0.537. The summed E-state index contributed by atoms with van der Waals surface area (Å²) in [6.45, 7) is 0. The zero-order chi connectivity index (χ0) is 18.8. The van der Waals surface area contributed by atoms with Crippen LogP contribution in [0.3, 0.4) is 0 Å². The standard InChI is InChI=1S/C16H10N4O6/c21-11-3-1-7(5-9(11)15(23)24)13-17-19-14(20-18-13)8-2-4-12(22)10(6-8)16(25)26/h1-6,21-22H,(H,23,24)(H,25,26). The largest absolute Gasteiger partial charge is 0.507 e. The minimum absolute atomic E-state index is 0.0217. The Morgan fingerprint density at radius 3 is 1.31 bits per heavy atom. The van der Waals surface area contributed by atoms with Crippen molar-refractivity contribution in [3.8, 4) is 34.3 Å². The third-order valence-corrected chi connectivity index (χ3v) is 3.45. The molecular weight excluding hydrogens is 344 g/mol. The molecule has 0 radical (unpaired) electrons. The summed E-state index contributed by atoms with van der Waals surface area (Å²) in [6.07, 6.45) is 0. The Bertz CT molecular complexity index is 937. The first-order valence-corrected chi connectivity index (χ1v) is 7.07. The fourth-order valence-corrected chi connectivity index (χ4v) is 2.15. The Balaban J connectivity index is 1.97. The molecule has 3 rings (SSSR count).